The Morgan fingerprint density at radius 1 is 1.00 bits per heavy atom. The summed E-state index contributed by atoms with van der Waals surface area (Å²) >= 11 is 3.70. The van der Waals surface area contributed by atoms with Crippen molar-refractivity contribution in [3.8, 4) is 0 Å². The minimum absolute atomic E-state index is 0. The first kappa shape index (κ1) is 22.8. The monoisotopic (exact) mass is 477 g/mol. The van der Waals surface area contributed by atoms with Crippen LogP contribution in [0.4, 0.5) is 0 Å². The average molecular weight is 479 g/mol. The lowest BCUT2D eigenvalue weighted by molar-refractivity contribution is -0.0990. The van der Waals surface area contributed by atoms with E-state index in [9.17, 15) is 5.11 Å². The second-order valence-corrected chi connectivity index (χ2v) is 10.6. The van der Waals surface area contributed by atoms with Gasteiger partial charge in [-0.3, -0.25) is 0 Å². The third-order valence-corrected chi connectivity index (χ3v) is 7.59. The van der Waals surface area contributed by atoms with E-state index in [1.54, 1.807) is 0 Å². The van der Waals surface area contributed by atoms with E-state index in [2.05, 4.69) is 84.1 Å². The molecule has 1 unspecified atom stereocenters. The summed E-state index contributed by atoms with van der Waals surface area (Å²) in [6, 6.07) is 15.8. The first-order valence-corrected chi connectivity index (χ1v) is 11.4. The molecule has 1 atom stereocenters. The van der Waals surface area contributed by atoms with E-state index in [-0.39, 0.29) is 17.8 Å². The molecule has 1 aliphatic heterocycles. The van der Waals surface area contributed by atoms with Gasteiger partial charge in [-0.2, -0.15) is 0 Å². The van der Waals surface area contributed by atoms with Crippen LogP contribution in [0.15, 0.2) is 46.9 Å². The van der Waals surface area contributed by atoms with Crippen LogP contribution in [0.25, 0.3) is 0 Å². The maximum atomic E-state index is 11.1. The molecule has 4 rings (SSSR count). The van der Waals surface area contributed by atoms with E-state index in [1.165, 1.54) is 22.3 Å². The van der Waals surface area contributed by atoms with E-state index >= 15 is 0 Å². The van der Waals surface area contributed by atoms with Gasteiger partial charge in [0.05, 0.1) is 5.60 Å². The molecule has 4 heteroatoms. The highest BCUT2D eigenvalue weighted by atomic mass is 79.9. The predicted octanol–water partition coefficient (Wildman–Crippen LogP) is 5.97. The zero-order valence-corrected chi connectivity index (χ0v) is 20.2. The van der Waals surface area contributed by atoms with Crippen molar-refractivity contribution in [2.45, 2.75) is 58.0 Å². The number of fused-ring (bicyclic) bond motifs is 2. The van der Waals surface area contributed by atoms with E-state index < -0.39 is 5.60 Å². The van der Waals surface area contributed by atoms with E-state index in [0.717, 1.165) is 49.8 Å². The fourth-order valence-corrected chi connectivity index (χ4v) is 5.35. The Balaban J connectivity index is 0.00000240. The van der Waals surface area contributed by atoms with Crippen LogP contribution in [0.5, 0.6) is 0 Å². The van der Waals surface area contributed by atoms with Gasteiger partial charge in [-0.05, 0) is 65.5 Å². The number of benzene rings is 2. The van der Waals surface area contributed by atoms with Gasteiger partial charge >= 0.3 is 0 Å². The fourth-order valence-electron chi connectivity index (χ4n) is 4.97. The normalized spacial score (nSPS) is 21.5. The highest BCUT2D eigenvalue weighted by Crippen LogP contribution is 2.41. The van der Waals surface area contributed by atoms with Gasteiger partial charge < -0.3 is 10.0 Å². The number of aliphatic hydroxyl groups is 1. The van der Waals surface area contributed by atoms with Crippen molar-refractivity contribution in [3.05, 3.63) is 69.2 Å². The lowest BCUT2D eigenvalue weighted by atomic mass is 9.71. The van der Waals surface area contributed by atoms with E-state index in [4.69, 9.17) is 0 Å². The van der Waals surface area contributed by atoms with Crippen LogP contribution in [-0.2, 0) is 12.8 Å². The number of likely N-dealkylation sites (tertiary alicyclic amines) is 1. The molecule has 1 heterocycles. The van der Waals surface area contributed by atoms with Crippen molar-refractivity contribution in [3.63, 3.8) is 0 Å². The summed E-state index contributed by atoms with van der Waals surface area (Å²) in [5.74, 6) is 0.395. The lowest BCUT2D eigenvalue weighted by Crippen LogP contribution is -2.52. The molecule has 0 bridgehead atoms. The van der Waals surface area contributed by atoms with Crippen LogP contribution in [-0.4, -0.2) is 35.2 Å². The summed E-state index contributed by atoms with van der Waals surface area (Å²) in [5.41, 5.74) is 5.31. The van der Waals surface area contributed by atoms with E-state index in [1.807, 2.05) is 0 Å². The van der Waals surface area contributed by atoms with Crippen molar-refractivity contribution < 1.29 is 5.11 Å². The summed E-state index contributed by atoms with van der Waals surface area (Å²) in [4.78, 5) is 2.57. The minimum Gasteiger partial charge on any atom is -0.389 e. The second-order valence-electron chi connectivity index (χ2n) is 9.68. The highest BCUT2D eigenvalue weighted by molar-refractivity contribution is 9.10. The van der Waals surface area contributed by atoms with Gasteiger partial charge in [0.15, 0.2) is 0 Å². The molecule has 1 saturated heterocycles. The first-order chi connectivity index (χ1) is 13.3. The average Bonchev–Trinajstić information content (AvgIpc) is 2.80. The maximum absolute atomic E-state index is 11.1. The summed E-state index contributed by atoms with van der Waals surface area (Å²) < 4.78 is 1.16. The van der Waals surface area contributed by atoms with Gasteiger partial charge in [0, 0.05) is 30.0 Å². The number of hydrogen-bond donors (Lipinski definition) is 1. The zero-order valence-electron chi connectivity index (χ0n) is 17.7. The largest absolute Gasteiger partial charge is 0.389 e. The van der Waals surface area contributed by atoms with Crippen LogP contribution in [0.1, 0.15) is 61.8 Å². The molecule has 1 N–H and O–H groups in total. The molecule has 0 radical (unpaired) electrons. The molecule has 0 saturated carbocycles. The minimum atomic E-state index is -0.550. The molecule has 1 aliphatic carbocycles. The summed E-state index contributed by atoms with van der Waals surface area (Å²) in [6.45, 7) is 9.46. The second kappa shape index (κ2) is 8.70. The predicted molar refractivity (Wildman–Crippen MR) is 127 cm³/mol. The molecule has 2 aliphatic rings. The third kappa shape index (κ3) is 4.58. The van der Waals surface area contributed by atoms with E-state index in [0.29, 0.717) is 5.92 Å². The molecule has 29 heavy (non-hydrogen) atoms. The SMILES string of the molecule is CC(C)(C)C1(O)CCN(CC2c3ccccc3CCc3ccc(Br)cc32)CC1.Cl. The number of hydrogen-bond acceptors (Lipinski definition) is 2. The van der Waals surface area contributed by atoms with Gasteiger partial charge in [-0.15, -0.1) is 12.4 Å². The number of rotatable bonds is 2. The fraction of sp³-hybridized carbons (Fsp3) is 0.520. The molecule has 0 amide bonds. The summed E-state index contributed by atoms with van der Waals surface area (Å²) in [5, 5.41) is 11.1. The van der Waals surface area contributed by atoms with Crippen LogP contribution >= 0.6 is 28.3 Å². The van der Waals surface area contributed by atoms with Gasteiger partial charge in [0.2, 0.25) is 0 Å². The molecule has 2 aromatic rings. The molecule has 2 aromatic carbocycles. The van der Waals surface area contributed by atoms with Crippen molar-refractivity contribution in [1.29, 1.82) is 0 Å². The van der Waals surface area contributed by atoms with Crippen molar-refractivity contribution >= 4 is 28.3 Å². The van der Waals surface area contributed by atoms with Crippen molar-refractivity contribution in [2.24, 2.45) is 5.41 Å². The Morgan fingerprint density at radius 3 is 2.28 bits per heavy atom. The van der Waals surface area contributed by atoms with Crippen molar-refractivity contribution in [1.82, 2.24) is 4.90 Å². The molecule has 158 valence electrons. The summed E-state index contributed by atoms with van der Waals surface area (Å²) in [6.07, 6.45) is 3.94. The quantitative estimate of drug-likeness (QED) is 0.574. The van der Waals surface area contributed by atoms with Crippen LogP contribution < -0.4 is 0 Å². The van der Waals surface area contributed by atoms with Crippen molar-refractivity contribution in [2.75, 3.05) is 19.6 Å². The van der Waals surface area contributed by atoms with Crippen LogP contribution in [0, 0.1) is 5.41 Å². The Kier molecular flexibility index (Phi) is 6.85. The Labute approximate surface area is 190 Å². The molecule has 0 spiro atoms. The molecule has 0 aromatic heterocycles. The van der Waals surface area contributed by atoms with Gasteiger partial charge in [-0.1, -0.05) is 67.0 Å². The Bertz CT molecular complexity index is 852. The standard InChI is InChI=1S/C25H32BrNO.ClH/c1-24(2,3)25(28)12-14-27(15-13-25)17-23-21-7-5-4-6-18(21)8-9-19-10-11-20(26)16-22(19)23;/h4-7,10-11,16,23,28H,8-9,12-15,17H2,1-3H3;1H. The zero-order chi connectivity index (χ0) is 19.9. The maximum Gasteiger partial charge on any atom is 0.0720 e. The van der Waals surface area contributed by atoms with Crippen LogP contribution in [0.3, 0.4) is 0 Å². The van der Waals surface area contributed by atoms with Gasteiger partial charge in [-0.25, -0.2) is 0 Å². The molecule has 1 fully saturated rings. The number of nitrogens with zero attached hydrogens (tertiary/aromatic N) is 1. The smallest absolute Gasteiger partial charge is 0.0720 e. The lowest BCUT2D eigenvalue weighted by Gasteiger charge is -2.46. The Morgan fingerprint density at radius 2 is 1.62 bits per heavy atom. The number of aryl methyl sites for hydroxylation is 2. The third-order valence-electron chi connectivity index (χ3n) is 7.10. The number of halogens is 2. The molecule has 2 nitrogen and oxygen atoms in total. The highest BCUT2D eigenvalue weighted by Gasteiger charge is 2.42. The first-order valence-electron chi connectivity index (χ1n) is 10.6. The van der Waals surface area contributed by atoms with Gasteiger partial charge in [0.1, 0.15) is 0 Å². The Hall–Kier alpha value is -0.870. The topological polar surface area (TPSA) is 23.5 Å². The number of piperidine rings is 1. The van der Waals surface area contributed by atoms with Crippen LogP contribution in [0.2, 0.25) is 0 Å². The molecular weight excluding hydrogens is 446 g/mol. The molecular formula is C25H33BrClNO. The summed E-state index contributed by atoms with van der Waals surface area (Å²) in [7, 11) is 0. The van der Waals surface area contributed by atoms with Gasteiger partial charge in [0.25, 0.3) is 0 Å².